The Kier molecular flexibility index (Phi) is 7.83. The van der Waals surface area contributed by atoms with Crippen LogP contribution in [0.5, 0.6) is 5.75 Å². The Labute approximate surface area is 263 Å². The molecule has 0 aliphatic carbocycles. The van der Waals surface area contributed by atoms with Gasteiger partial charge < -0.3 is 29.2 Å². The van der Waals surface area contributed by atoms with Gasteiger partial charge in [0.15, 0.2) is 29.1 Å². The number of aromatic nitrogens is 4. The van der Waals surface area contributed by atoms with Gasteiger partial charge in [-0.25, -0.2) is 14.1 Å². The van der Waals surface area contributed by atoms with Crippen molar-refractivity contribution in [2.75, 3.05) is 12.3 Å². The average Bonchev–Trinajstić information content (AvgIpc) is 3.62. The number of aromatic amines is 1. The number of benzene rings is 2. The lowest BCUT2D eigenvalue weighted by atomic mass is 10.1. The van der Waals surface area contributed by atoms with Crippen molar-refractivity contribution in [3.63, 3.8) is 0 Å². The Morgan fingerprint density at radius 2 is 1.96 bits per heavy atom. The molecule has 2 aromatic heterocycles. The first-order chi connectivity index (χ1) is 21.6. The minimum atomic E-state index is -4.31. The molecule has 15 nitrogen and oxygen atoms in total. The third kappa shape index (κ3) is 6.31. The summed E-state index contributed by atoms with van der Waals surface area (Å²) in [6, 6.07) is 11.6. The molecule has 6 rings (SSSR count). The van der Waals surface area contributed by atoms with Crippen LogP contribution in [0, 0.1) is 0 Å². The molecule has 4 heterocycles. The predicted molar refractivity (Wildman–Crippen MR) is 167 cm³/mol. The number of carbonyl (C=O) groups is 1. The van der Waals surface area contributed by atoms with Gasteiger partial charge in [-0.2, -0.15) is 10.1 Å². The van der Waals surface area contributed by atoms with Crippen LogP contribution in [0.1, 0.15) is 41.5 Å². The molecule has 0 bridgehead atoms. The van der Waals surface area contributed by atoms with Crippen molar-refractivity contribution in [2.24, 2.45) is 0 Å². The predicted octanol–water partition coefficient (Wildman–Crippen LogP) is 4.05. The number of hydrogen-bond acceptors (Lipinski definition) is 12. The van der Waals surface area contributed by atoms with Gasteiger partial charge in [0.05, 0.1) is 6.61 Å². The fourth-order valence-electron chi connectivity index (χ4n) is 5.10. The quantitative estimate of drug-likeness (QED) is 0.173. The lowest BCUT2D eigenvalue weighted by Gasteiger charge is -2.27. The summed E-state index contributed by atoms with van der Waals surface area (Å²) in [5.74, 6) is -1.11. The maximum Gasteiger partial charge on any atom is 0.459 e. The normalized spacial score (nSPS) is 21.0. The van der Waals surface area contributed by atoms with Crippen LogP contribution >= 0.6 is 7.75 Å². The number of fused-ring (bicyclic) bond motifs is 3. The third-order valence-electron chi connectivity index (χ3n) is 6.97. The van der Waals surface area contributed by atoms with E-state index in [1.54, 1.807) is 46.8 Å². The average molecular weight is 655 g/mol. The van der Waals surface area contributed by atoms with Crippen LogP contribution in [0.3, 0.4) is 0 Å². The van der Waals surface area contributed by atoms with E-state index in [0.29, 0.717) is 11.1 Å². The van der Waals surface area contributed by atoms with Crippen LogP contribution in [0.15, 0.2) is 59.3 Å². The highest BCUT2D eigenvalue weighted by Gasteiger charge is 2.52. The van der Waals surface area contributed by atoms with Gasteiger partial charge in [0.1, 0.15) is 23.7 Å². The number of carbonyl (C=O) groups excluding carboxylic acids is 1. The number of hydrogen-bond donors (Lipinski definition) is 3. The van der Waals surface area contributed by atoms with Gasteiger partial charge >= 0.3 is 13.7 Å². The summed E-state index contributed by atoms with van der Waals surface area (Å²) in [4.78, 5) is 36.1. The maximum absolute atomic E-state index is 14.5. The van der Waals surface area contributed by atoms with E-state index in [1.165, 1.54) is 17.8 Å². The van der Waals surface area contributed by atoms with E-state index in [2.05, 4.69) is 20.0 Å². The largest absolute Gasteiger partial charge is 0.467 e. The molecule has 4 N–H and O–H groups in total. The van der Waals surface area contributed by atoms with Crippen LogP contribution in [-0.4, -0.2) is 61.7 Å². The monoisotopic (exact) mass is 654 g/mol. The highest BCUT2D eigenvalue weighted by molar-refractivity contribution is 7.52. The zero-order chi connectivity index (χ0) is 33.0. The van der Waals surface area contributed by atoms with Crippen LogP contribution in [0.2, 0.25) is 0 Å². The van der Waals surface area contributed by atoms with E-state index < -0.39 is 48.9 Å². The first-order valence-electron chi connectivity index (χ1n) is 14.5. The molecule has 16 heteroatoms. The molecule has 1 fully saturated rings. The SMILES string of the molecule is C[C@H](NP(=O)(OC[C@H]1OC(n2cnc3c(=O)[nH]c(N)nc32)=C2OC(C)(C)OC21)Oc1cccc2ccccc12)C(=O)OC(C)(C)C. The van der Waals surface area contributed by atoms with Crippen LogP contribution < -0.4 is 20.9 Å². The molecule has 0 saturated carbocycles. The van der Waals surface area contributed by atoms with Crippen LogP contribution in [-0.2, 0) is 32.8 Å². The minimum Gasteiger partial charge on any atom is -0.467 e. The number of nitrogen functional groups attached to an aromatic ring is 1. The smallest absolute Gasteiger partial charge is 0.459 e. The topological polar surface area (TPSA) is 191 Å². The summed E-state index contributed by atoms with van der Waals surface area (Å²) in [7, 11) is -4.31. The Hall–Kier alpha value is -4.43. The Balaban J connectivity index is 1.30. The molecule has 2 aromatic carbocycles. The van der Waals surface area contributed by atoms with E-state index in [4.69, 9.17) is 33.7 Å². The number of anilines is 1. The number of nitrogens with zero attached hydrogens (tertiary/aromatic N) is 3. The first kappa shape index (κ1) is 31.5. The third-order valence-corrected chi connectivity index (χ3v) is 8.60. The zero-order valence-electron chi connectivity index (χ0n) is 26.1. The molecule has 2 unspecified atom stereocenters. The highest BCUT2D eigenvalue weighted by Crippen LogP contribution is 2.49. The second kappa shape index (κ2) is 11.4. The van der Waals surface area contributed by atoms with Crippen molar-refractivity contribution >= 4 is 47.5 Å². The second-order valence-electron chi connectivity index (χ2n) is 12.4. The number of esters is 1. The fraction of sp³-hybridized carbons (Fsp3) is 0.400. The van der Waals surface area contributed by atoms with Gasteiger partial charge in [0.2, 0.25) is 17.6 Å². The standard InChI is InChI=1S/C30H35N6O9P/c1-16(27(38)44-29(2,3)4)35-46(39,45-19-13-9-11-17-10-7-8-12-18(17)19)40-14-20-22-23(43-30(5,6)42-22)26(41-20)36-15-32-21-24(36)33-28(31)34-25(21)37/h7-13,15-16,20,22H,14H2,1-6H3,(H,35,39)(H3,31,33,34,37)/t16-,20+,22?,46?/m0/s1. The Morgan fingerprint density at radius 3 is 2.72 bits per heavy atom. The number of imidazole rings is 1. The van der Waals surface area contributed by atoms with Gasteiger partial charge in [-0.15, -0.1) is 0 Å². The van der Waals surface area contributed by atoms with Crippen molar-refractivity contribution in [3.8, 4) is 5.75 Å². The van der Waals surface area contributed by atoms with E-state index in [1.807, 2.05) is 30.3 Å². The fourth-order valence-corrected chi connectivity index (χ4v) is 6.62. The Morgan fingerprint density at radius 1 is 1.22 bits per heavy atom. The molecular formula is C30H35N6O9P. The number of nitrogens with two attached hydrogens (primary N) is 1. The van der Waals surface area contributed by atoms with E-state index in [-0.39, 0.29) is 35.4 Å². The van der Waals surface area contributed by atoms with Gasteiger partial charge in [-0.3, -0.25) is 19.1 Å². The molecule has 0 radical (unpaired) electrons. The summed E-state index contributed by atoms with van der Waals surface area (Å²) < 4.78 is 51.8. The number of rotatable bonds is 9. The zero-order valence-corrected chi connectivity index (χ0v) is 27.0. The van der Waals surface area contributed by atoms with Crippen molar-refractivity contribution in [3.05, 3.63) is 64.9 Å². The molecule has 1 saturated heterocycles. The summed E-state index contributed by atoms with van der Waals surface area (Å²) in [5, 5.41) is 4.26. The van der Waals surface area contributed by atoms with E-state index in [9.17, 15) is 14.2 Å². The van der Waals surface area contributed by atoms with Gasteiger partial charge in [0, 0.05) is 19.2 Å². The molecule has 4 aromatic rings. The van der Waals surface area contributed by atoms with Crippen molar-refractivity contribution in [1.29, 1.82) is 0 Å². The summed E-state index contributed by atoms with van der Waals surface area (Å²) in [5.41, 5.74) is 4.66. The van der Waals surface area contributed by atoms with Crippen molar-refractivity contribution in [1.82, 2.24) is 24.6 Å². The lowest BCUT2D eigenvalue weighted by molar-refractivity contribution is -0.157. The van der Waals surface area contributed by atoms with Crippen molar-refractivity contribution < 1.29 is 37.4 Å². The van der Waals surface area contributed by atoms with Crippen LogP contribution in [0.4, 0.5) is 5.95 Å². The van der Waals surface area contributed by atoms with Gasteiger partial charge in [-0.05, 0) is 39.1 Å². The van der Waals surface area contributed by atoms with E-state index >= 15 is 0 Å². The molecule has 0 spiro atoms. The molecule has 2 aliphatic rings. The molecule has 2 aliphatic heterocycles. The molecule has 244 valence electrons. The Bertz CT molecular complexity index is 1960. The lowest BCUT2D eigenvalue weighted by Crippen LogP contribution is -2.39. The summed E-state index contributed by atoms with van der Waals surface area (Å²) in [6.45, 7) is 9.80. The van der Waals surface area contributed by atoms with Gasteiger partial charge in [-0.1, -0.05) is 36.4 Å². The minimum absolute atomic E-state index is 0.0358. The van der Waals surface area contributed by atoms with Crippen molar-refractivity contribution in [2.45, 2.75) is 71.2 Å². The van der Waals surface area contributed by atoms with Gasteiger partial charge in [0.25, 0.3) is 5.56 Å². The first-order valence-corrected chi connectivity index (χ1v) is 16.1. The van der Waals surface area contributed by atoms with E-state index in [0.717, 1.165) is 5.39 Å². The number of H-pyrrole nitrogens is 1. The maximum atomic E-state index is 14.5. The summed E-state index contributed by atoms with van der Waals surface area (Å²) >= 11 is 0. The highest BCUT2D eigenvalue weighted by atomic mass is 31.2. The number of nitrogens with one attached hydrogen (secondary N) is 2. The molecule has 4 atom stereocenters. The molecule has 0 amide bonds. The second-order valence-corrected chi connectivity index (χ2v) is 14.0. The van der Waals surface area contributed by atoms with Crippen LogP contribution in [0.25, 0.3) is 27.8 Å². The molecular weight excluding hydrogens is 619 g/mol. The molecule has 46 heavy (non-hydrogen) atoms. The number of ether oxygens (including phenoxy) is 4. The summed E-state index contributed by atoms with van der Waals surface area (Å²) in [6.07, 6.45) is -0.370.